The first-order chi connectivity index (χ1) is 13.0. The van der Waals surface area contributed by atoms with Crippen LogP contribution in [0.1, 0.15) is 30.4 Å². The largest absolute Gasteiger partial charge is 0.273 e. The van der Waals surface area contributed by atoms with Crippen molar-refractivity contribution in [2.75, 3.05) is 0 Å². The summed E-state index contributed by atoms with van der Waals surface area (Å²) >= 11 is 0. The quantitative estimate of drug-likeness (QED) is 0.552. The van der Waals surface area contributed by atoms with E-state index < -0.39 is 0 Å². The van der Waals surface area contributed by atoms with Crippen LogP contribution < -0.4 is 10.9 Å². The van der Waals surface area contributed by atoms with Crippen molar-refractivity contribution in [1.29, 1.82) is 0 Å². The molecule has 0 aromatic heterocycles. The number of hydrogen-bond donors (Lipinski definition) is 2. The molecule has 2 N–H and O–H groups in total. The van der Waals surface area contributed by atoms with Crippen molar-refractivity contribution < 1.29 is 18.4 Å². The van der Waals surface area contributed by atoms with Crippen LogP contribution in [0.15, 0.2) is 58.7 Å². The number of amides is 2. The van der Waals surface area contributed by atoms with E-state index in [9.17, 15) is 18.4 Å². The van der Waals surface area contributed by atoms with E-state index in [1.807, 2.05) is 0 Å². The number of rotatable bonds is 8. The molecule has 2 rings (SSSR count). The Morgan fingerprint density at radius 3 is 1.48 bits per heavy atom. The zero-order chi connectivity index (χ0) is 19.5. The van der Waals surface area contributed by atoms with Gasteiger partial charge in [-0.15, -0.1) is 0 Å². The van der Waals surface area contributed by atoms with Crippen molar-refractivity contribution in [3.63, 3.8) is 0 Å². The highest BCUT2D eigenvalue weighted by molar-refractivity contribution is 5.83. The summed E-state index contributed by atoms with van der Waals surface area (Å²) < 4.78 is 25.5. The van der Waals surface area contributed by atoms with Gasteiger partial charge in [0.1, 0.15) is 11.6 Å². The molecule has 2 aromatic carbocycles. The highest BCUT2D eigenvalue weighted by atomic mass is 19.1. The number of nitrogens with one attached hydrogen (secondary N) is 2. The Balaban J connectivity index is 1.61. The van der Waals surface area contributed by atoms with Crippen molar-refractivity contribution in [3.8, 4) is 0 Å². The molecule has 0 spiro atoms. The molecule has 0 atom stereocenters. The van der Waals surface area contributed by atoms with Gasteiger partial charge in [-0.3, -0.25) is 9.59 Å². The first-order valence-electron chi connectivity index (χ1n) is 8.18. The van der Waals surface area contributed by atoms with E-state index in [1.165, 1.54) is 61.0 Å². The molecule has 27 heavy (non-hydrogen) atoms. The molecule has 6 nitrogen and oxygen atoms in total. The summed E-state index contributed by atoms with van der Waals surface area (Å²) in [6.45, 7) is 0. The molecule has 140 valence electrons. The van der Waals surface area contributed by atoms with Gasteiger partial charge in [0.15, 0.2) is 0 Å². The van der Waals surface area contributed by atoms with Crippen molar-refractivity contribution in [3.05, 3.63) is 71.3 Å². The fourth-order valence-corrected chi connectivity index (χ4v) is 1.98. The van der Waals surface area contributed by atoms with Crippen LogP contribution in [0.4, 0.5) is 8.78 Å². The zero-order valence-electron chi connectivity index (χ0n) is 14.4. The Morgan fingerprint density at radius 1 is 0.741 bits per heavy atom. The predicted octanol–water partition coefficient (Wildman–Crippen LogP) is 2.74. The number of halogens is 2. The van der Waals surface area contributed by atoms with E-state index in [4.69, 9.17) is 0 Å². The van der Waals surface area contributed by atoms with Crippen LogP contribution in [0, 0.1) is 11.6 Å². The second kappa shape index (κ2) is 10.5. The Kier molecular flexibility index (Phi) is 7.77. The number of carbonyl (C=O) groups excluding carboxylic acids is 2. The van der Waals surface area contributed by atoms with Crippen LogP contribution in [0.2, 0.25) is 0 Å². The molecule has 2 amide bonds. The number of carbonyl (C=O) groups is 2. The molecule has 0 aliphatic heterocycles. The first kappa shape index (κ1) is 19.9. The molecule has 0 aliphatic rings. The van der Waals surface area contributed by atoms with Gasteiger partial charge in [0, 0.05) is 12.8 Å². The topological polar surface area (TPSA) is 82.9 Å². The maximum Gasteiger partial charge on any atom is 0.240 e. The minimum atomic E-state index is -0.350. The van der Waals surface area contributed by atoms with Crippen LogP contribution in [-0.4, -0.2) is 24.2 Å². The molecule has 8 heteroatoms. The van der Waals surface area contributed by atoms with E-state index in [-0.39, 0.29) is 36.3 Å². The van der Waals surface area contributed by atoms with Gasteiger partial charge >= 0.3 is 0 Å². The predicted molar refractivity (Wildman–Crippen MR) is 98.1 cm³/mol. The molecule has 0 bridgehead atoms. The molecular formula is C19H18F2N4O2. The summed E-state index contributed by atoms with van der Waals surface area (Å²) in [5.74, 6) is -1.38. The fraction of sp³-hybridized carbons (Fsp3) is 0.158. The fourth-order valence-electron chi connectivity index (χ4n) is 1.98. The molecule has 0 heterocycles. The molecular weight excluding hydrogens is 354 g/mol. The number of hydrazone groups is 2. The normalized spacial score (nSPS) is 11.0. The molecule has 0 aliphatic carbocycles. The van der Waals surface area contributed by atoms with Gasteiger partial charge in [0.2, 0.25) is 11.8 Å². The number of benzene rings is 2. The standard InChI is InChI=1S/C19H18F2N4O2/c20-16-8-4-14(5-9-16)12-22-24-18(26)2-1-3-19(27)25-23-13-15-6-10-17(21)11-7-15/h4-13H,1-3H2,(H,24,26)(H,25,27). The van der Waals surface area contributed by atoms with Gasteiger partial charge in [0.05, 0.1) is 12.4 Å². The Hall–Kier alpha value is -3.42. The van der Waals surface area contributed by atoms with Crippen LogP contribution in [0.5, 0.6) is 0 Å². The maximum atomic E-state index is 12.8. The lowest BCUT2D eigenvalue weighted by Gasteiger charge is -2.00. The highest BCUT2D eigenvalue weighted by Crippen LogP contribution is 2.01. The van der Waals surface area contributed by atoms with Crippen LogP contribution in [0.3, 0.4) is 0 Å². The Labute approximate surface area is 155 Å². The third-order valence-electron chi connectivity index (χ3n) is 3.35. The summed E-state index contributed by atoms with van der Waals surface area (Å²) in [6, 6.07) is 11.3. The van der Waals surface area contributed by atoms with Gasteiger partial charge in [0.25, 0.3) is 0 Å². The lowest BCUT2D eigenvalue weighted by Crippen LogP contribution is -2.20. The van der Waals surface area contributed by atoms with Gasteiger partial charge in [-0.2, -0.15) is 10.2 Å². The molecule has 0 saturated carbocycles. The molecule has 0 saturated heterocycles. The van der Waals surface area contributed by atoms with E-state index >= 15 is 0 Å². The van der Waals surface area contributed by atoms with Gasteiger partial charge in [-0.25, -0.2) is 19.6 Å². The Bertz CT molecular complexity index is 749. The molecule has 0 fully saturated rings. The highest BCUT2D eigenvalue weighted by Gasteiger charge is 2.04. The van der Waals surface area contributed by atoms with E-state index in [2.05, 4.69) is 21.1 Å². The van der Waals surface area contributed by atoms with Crippen LogP contribution >= 0.6 is 0 Å². The number of nitrogens with zero attached hydrogens (tertiary/aromatic N) is 2. The summed E-state index contributed by atoms with van der Waals surface area (Å²) in [5, 5.41) is 7.52. The van der Waals surface area contributed by atoms with Gasteiger partial charge in [-0.1, -0.05) is 24.3 Å². The summed E-state index contributed by atoms with van der Waals surface area (Å²) in [5.41, 5.74) is 5.96. The SMILES string of the molecule is O=C(CCCC(=O)NN=Cc1ccc(F)cc1)NN=Cc1ccc(F)cc1. The molecule has 2 aromatic rings. The minimum Gasteiger partial charge on any atom is -0.273 e. The monoisotopic (exact) mass is 372 g/mol. The smallest absolute Gasteiger partial charge is 0.240 e. The van der Waals surface area contributed by atoms with Crippen molar-refractivity contribution >= 4 is 24.2 Å². The van der Waals surface area contributed by atoms with Gasteiger partial charge in [-0.05, 0) is 41.8 Å². The average Bonchev–Trinajstić information content (AvgIpc) is 2.65. The number of hydrogen-bond acceptors (Lipinski definition) is 4. The summed E-state index contributed by atoms with van der Waals surface area (Å²) in [7, 11) is 0. The first-order valence-corrected chi connectivity index (χ1v) is 8.18. The Morgan fingerprint density at radius 2 is 1.11 bits per heavy atom. The lowest BCUT2D eigenvalue weighted by atomic mass is 10.2. The van der Waals surface area contributed by atoms with Crippen LogP contribution in [-0.2, 0) is 9.59 Å². The third kappa shape index (κ3) is 8.00. The van der Waals surface area contributed by atoms with Gasteiger partial charge < -0.3 is 0 Å². The van der Waals surface area contributed by atoms with Crippen molar-refractivity contribution in [2.45, 2.75) is 19.3 Å². The van der Waals surface area contributed by atoms with Crippen LogP contribution in [0.25, 0.3) is 0 Å². The third-order valence-corrected chi connectivity index (χ3v) is 3.35. The zero-order valence-corrected chi connectivity index (χ0v) is 14.4. The second-order valence-electron chi connectivity index (χ2n) is 5.54. The maximum absolute atomic E-state index is 12.8. The summed E-state index contributed by atoms with van der Waals surface area (Å²) in [4.78, 5) is 23.2. The molecule has 0 radical (unpaired) electrons. The van der Waals surface area contributed by atoms with E-state index in [1.54, 1.807) is 0 Å². The lowest BCUT2D eigenvalue weighted by molar-refractivity contribution is -0.122. The summed E-state index contributed by atoms with van der Waals surface area (Å²) in [6.07, 6.45) is 3.37. The minimum absolute atomic E-state index is 0.121. The van der Waals surface area contributed by atoms with Crippen molar-refractivity contribution in [1.82, 2.24) is 10.9 Å². The second-order valence-corrected chi connectivity index (χ2v) is 5.54. The van der Waals surface area contributed by atoms with E-state index in [0.29, 0.717) is 17.5 Å². The van der Waals surface area contributed by atoms with Crippen molar-refractivity contribution in [2.24, 2.45) is 10.2 Å². The average molecular weight is 372 g/mol. The van der Waals surface area contributed by atoms with E-state index in [0.717, 1.165) is 0 Å². The molecule has 0 unspecified atom stereocenters.